The number of aryl methyl sites for hydroxylation is 1. The number of nitrogens with zero attached hydrogens (tertiary/aromatic N) is 4. The number of rotatable bonds is 7. The summed E-state index contributed by atoms with van der Waals surface area (Å²) in [6.07, 6.45) is 6.92. The van der Waals surface area contributed by atoms with Crippen LogP contribution in [0.4, 0.5) is 9.18 Å². The van der Waals surface area contributed by atoms with Crippen molar-refractivity contribution in [1.29, 1.82) is 0 Å². The minimum absolute atomic E-state index is 0.140. The number of halogens is 1. The molecule has 1 fully saturated rings. The molecule has 28 heavy (non-hydrogen) atoms. The molecule has 7 heteroatoms. The average Bonchev–Trinajstić information content (AvgIpc) is 3.15. The predicted molar refractivity (Wildman–Crippen MR) is 108 cm³/mol. The first kappa shape index (κ1) is 20.3. The number of imidazole rings is 1. The molecule has 1 aliphatic rings. The summed E-state index contributed by atoms with van der Waals surface area (Å²) < 4.78 is 16.0. The Kier molecular flexibility index (Phi) is 7.03. The Hall–Kier alpha value is -2.41. The van der Waals surface area contributed by atoms with Crippen LogP contribution in [0.3, 0.4) is 0 Å². The number of hydrogen-bond acceptors (Lipinski definition) is 3. The van der Waals surface area contributed by atoms with Crippen LogP contribution in [-0.2, 0) is 13.1 Å². The van der Waals surface area contributed by atoms with Crippen LogP contribution in [0.2, 0.25) is 0 Å². The molecule has 1 saturated heterocycles. The van der Waals surface area contributed by atoms with Gasteiger partial charge in [0.1, 0.15) is 11.6 Å². The average molecular weight is 388 g/mol. The Morgan fingerprint density at radius 2 is 2.18 bits per heavy atom. The molecule has 3 rings (SSSR count). The van der Waals surface area contributed by atoms with E-state index in [9.17, 15) is 9.18 Å². The number of nitrogens with one attached hydrogen (secondary N) is 1. The van der Waals surface area contributed by atoms with Crippen LogP contribution in [0, 0.1) is 5.82 Å². The van der Waals surface area contributed by atoms with Crippen molar-refractivity contribution >= 4 is 6.03 Å². The number of amides is 2. The van der Waals surface area contributed by atoms with Gasteiger partial charge in [0.15, 0.2) is 0 Å². The zero-order valence-electron chi connectivity index (χ0n) is 16.8. The largest absolute Gasteiger partial charge is 0.335 e. The van der Waals surface area contributed by atoms with Crippen LogP contribution in [0.15, 0.2) is 36.7 Å². The standard InChI is InChI=1S/C21H30FN5O/c1-25(2)11-6-13-26-14-10-23-20(26)18-8-5-12-27(16-18)21(28)24-15-17-7-3-4-9-19(17)22/h3-4,7,9-10,14,18H,5-6,8,11-13,15-16H2,1-2H3,(H,24,28)/t18-/m1/s1. The maximum atomic E-state index is 13.7. The first-order valence-corrected chi connectivity index (χ1v) is 9.96. The van der Waals surface area contributed by atoms with Crippen LogP contribution in [0.25, 0.3) is 0 Å². The lowest BCUT2D eigenvalue weighted by molar-refractivity contribution is 0.177. The van der Waals surface area contributed by atoms with Gasteiger partial charge in [-0.3, -0.25) is 0 Å². The van der Waals surface area contributed by atoms with Crippen LogP contribution < -0.4 is 5.32 Å². The minimum atomic E-state index is -0.293. The molecule has 1 aromatic heterocycles. The minimum Gasteiger partial charge on any atom is -0.335 e. The fourth-order valence-corrected chi connectivity index (χ4v) is 3.72. The van der Waals surface area contributed by atoms with E-state index in [0.29, 0.717) is 12.1 Å². The van der Waals surface area contributed by atoms with E-state index in [4.69, 9.17) is 0 Å². The molecule has 1 aliphatic heterocycles. The van der Waals surface area contributed by atoms with Crippen molar-refractivity contribution in [3.05, 3.63) is 53.9 Å². The number of carbonyl (C=O) groups excluding carboxylic acids is 1. The van der Waals surface area contributed by atoms with Gasteiger partial charge in [-0.05, 0) is 46.0 Å². The van der Waals surface area contributed by atoms with Crippen molar-refractivity contribution in [2.45, 2.75) is 38.3 Å². The van der Waals surface area contributed by atoms with E-state index < -0.39 is 0 Å². The number of likely N-dealkylation sites (tertiary alicyclic amines) is 1. The van der Waals surface area contributed by atoms with E-state index in [1.807, 2.05) is 17.3 Å². The molecule has 2 aromatic rings. The second-order valence-electron chi connectivity index (χ2n) is 7.67. The maximum Gasteiger partial charge on any atom is 0.317 e. The van der Waals surface area contributed by atoms with Gasteiger partial charge >= 0.3 is 6.03 Å². The summed E-state index contributed by atoms with van der Waals surface area (Å²) in [7, 11) is 4.15. The monoisotopic (exact) mass is 387 g/mol. The van der Waals surface area contributed by atoms with E-state index in [0.717, 1.165) is 44.7 Å². The molecule has 152 valence electrons. The first-order valence-electron chi connectivity index (χ1n) is 9.96. The lowest BCUT2D eigenvalue weighted by atomic mass is 9.97. The number of carbonyl (C=O) groups is 1. The van der Waals surface area contributed by atoms with Gasteiger partial charge in [-0.2, -0.15) is 0 Å². The molecule has 1 N–H and O–H groups in total. The molecule has 0 spiro atoms. The maximum absolute atomic E-state index is 13.7. The Bertz CT molecular complexity index is 776. The highest BCUT2D eigenvalue weighted by atomic mass is 19.1. The van der Waals surface area contributed by atoms with E-state index in [1.165, 1.54) is 6.07 Å². The van der Waals surface area contributed by atoms with Crippen molar-refractivity contribution in [2.75, 3.05) is 33.7 Å². The Balaban J connectivity index is 1.56. The highest BCUT2D eigenvalue weighted by Crippen LogP contribution is 2.26. The van der Waals surface area contributed by atoms with Gasteiger partial charge in [-0.25, -0.2) is 14.2 Å². The lowest BCUT2D eigenvalue weighted by Gasteiger charge is -2.32. The molecule has 2 amide bonds. The molecule has 6 nitrogen and oxygen atoms in total. The fourth-order valence-electron chi connectivity index (χ4n) is 3.72. The van der Waals surface area contributed by atoms with Gasteiger partial charge in [0.25, 0.3) is 0 Å². The van der Waals surface area contributed by atoms with Crippen LogP contribution in [-0.4, -0.2) is 59.1 Å². The van der Waals surface area contributed by atoms with Crippen molar-refractivity contribution in [3.8, 4) is 0 Å². The lowest BCUT2D eigenvalue weighted by Crippen LogP contribution is -2.45. The normalized spacial score (nSPS) is 17.1. The second kappa shape index (κ2) is 9.68. The van der Waals surface area contributed by atoms with Crippen LogP contribution in [0.1, 0.15) is 36.6 Å². The summed E-state index contributed by atoms with van der Waals surface area (Å²) in [6, 6.07) is 6.39. The van der Waals surface area contributed by atoms with Crippen LogP contribution in [0.5, 0.6) is 0 Å². The summed E-state index contributed by atoms with van der Waals surface area (Å²) in [5, 5.41) is 2.85. The molecular formula is C21H30FN5O. The van der Waals surface area contributed by atoms with Crippen molar-refractivity contribution in [2.24, 2.45) is 0 Å². The van der Waals surface area contributed by atoms with Gasteiger partial charge in [0.05, 0.1) is 0 Å². The van der Waals surface area contributed by atoms with Gasteiger partial charge in [0, 0.05) is 50.1 Å². The number of piperidine rings is 1. The topological polar surface area (TPSA) is 53.4 Å². The van der Waals surface area contributed by atoms with E-state index in [-0.39, 0.29) is 24.3 Å². The Morgan fingerprint density at radius 3 is 2.96 bits per heavy atom. The van der Waals surface area contributed by atoms with Crippen molar-refractivity contribution in [3.63, 3.8) is 0 Å². The van der Waals surface area contributed by atoms with Crippen molar-refractivity contribution < 1.29 is 9.18 Å². The number of benzene rings is 1. The van der Waals surface area contributed by atoms with Crippen LogP contribution >= 0.6 is 0 Å². The molecule has 0 aliphatic carbocycles. The SMILES string of the molecule is CN(C)CCCn1ccnc1[C@@H]1CCCN(C(=O)NCc2ccccc2F)C1. The Labute approximate surface area is 166 Å². The van der Waals surface area contributed by atoms with Gasteiger partial charge in [-0.15, -0.1) is 0 Å². The summed E-state index contributed by atoms with van der Waals surface area (Å²) in [6.45, 7) is 3.54. The van der Waals surface area contributed by atoms with Gasteiger partial charge in [-0.1, -0.05) is 18.2 Å². The highest BCUT2D eigenvalue weighted by molar-refractivity contribution is 5.74. The van der Waals surface area contributed by atoms with E-state index >= 15 is 0 Å². The van der Waals surface area contributed by atoms with Gasteiger partial charge in [0.2, 0.25) is 0 Å². The highest BCUT2D eigenvalue weighted by Gasteiger charge is 2.27. The number of urea groups is 1. The van der Waals surface area contributed by atoms with E-state index in [2.05, 4.69) is 33.9 Å². The molecule has 0 saturated carbocycles. The zero-order chi connectivity index (χ0) is 19.9. The predicted octanol–water partition coefficient (Wildman–Crippen LogP) is 3.06. The van der Waals surface area contributed by atoms with Crippen molar-refractivity contribution in [1.82, 2.24) is 24.7 Å². The zero-order valence-corrected chi connectivity index (χ0v) is 16.8. The smallest absolute Gasteiger partial charge is 0.317 e. The summed E-state index contributed by atoms with van der Waals surface area (Å²) in [5.74, 6) is 1.01. The third-order valence-corrected chi connectivity index (χ3v) is 5.21. The third kappa shape index (κ3) is 5.32. The molecule has 0 bridgehead atoms. The molecular weight excluding hydrogens is 357 g/mol. The summed E-state index contributed by atoms with van der Waals surface area (Å²) in [4.78, 5) is 21.2. The molecule has 0 radical (unpaired) electrons. The summed E-state index contributed by atoms with van der Waals surface area (Å²) in [5.41, 5.74) is 0.501. The van der Waals surface area contributed by atoms with E-state index in [1.54, 1.807) is 18.2 Å². The second-order valence-corrected chi connectivity index (χ2v) is 7.67. The van der Waals surface area contributed by atoms with Gasteiger partial charge < -0.3 is 19.7 Å². The number of aromatic nitrogens is 2. The third-order valence-electron chi connectivity index (χ3n) is 5.21. The first-order chi connectivity index (χ1) is 13.5. The molecule has 1 aromatic carbocycles. The quantitative estimate of drug-likeness (QED) is 0.794. The molecule has 2 heterocycles. The molecule has 0 unspecified atom stereocenters. The molecule has 1 atom stereocenters. The summed E-state index contributed by atoms with van der Waals surface area (Å²) >= 11 is 0. The number of hydrogen-bond donors (Lipinski definition) is 1. The Morgan fingerprint density at radius 1 is 1.36 bits per heavy atom. The fraction of sp³-hybridized carbons (Fsp3) is 0.524.